The first-order chi connectivity index (χ1) is 13.3. The normalized spacial score (nSPS) is 12.6. The van der Waals surface area contributed by atoms with E-state index < -0.39 is 10.0 Å². The van der Waals surface area contributed by atoms with Crippen LogP contribution in [0.15, 0.2) is 47.4 Å². The number of nitrogens with zero attached hydrogens (tertiary/aromatic N) is 1. The van der Waals surface area contributed by atoms with Crippen molar-refractivity contribution in [1.82, 2.24) is 9.62 Å². The maximum atomic E-state index is 12.7. The average Bonchev–Trinajstić information content (AvgIpc) is 2.68. The van der Waals surface area contributed by atoms with Crippen molar-refractivity contribution in [3.63, 3.8) is 0 Å². The van der Waals surface area contributed by atoms with E-state index in [2.05, 4.69) is 4.72 Å². The van der Waals surface area contributed by atoms with Crippen LogP contribution < -0.4 is 18.9 Å². The minimum absolute atomic E-state index is 0.183. The van der Waals surface area contributed by atoms with Crippen molar-refractivity contribution in [3.8, 4) is 17.2 Å². The second-order valence-corrected chi connectivity index (χ2v) is 8.12. The number of hydrogen-bond donors (Lipinski definition) is 1. The molecule has 0 fully saturated rings. The van der Waals surface area contributed by atoms with Gasteiger partial charge < -0.3 is 19.1 Å². The minimum Gasteiger partial charge on any atom is -0.494 e. The molecule has 0 aromatic heterocycles. The summed E-state index contributed by atoms with van der Waals surface area (Å²) in [4.78, 5) is 2.14. The zero-order valence-corrected chi connectivity index (χ0v) is 17.7. The highest BCUT2D eigenvalue weighted by atomic mass is 32.2. The molecule has 0 aliphatic rings. The fraction of sp³-hybridized carbons (Fsp3) is 0.400. The van der Waals surface area contributed by atoms with E-state index >= 15 is 0 Å². The average molecular weight is 409 g/mol. The van der Waals surface area contributed by atoms with Crippen LogP contribution in [-0.4, -0.2) is 54.8 Å². The smallest absolute Gasteiger partial charge is 0.240 e. The Kier molecular flexibility index (Phi) is 7.68. The zero-order chi connectivity index (χ0) is 20.7. The van der Waals surface area contributed by atoms with Crippen molar-refractivity contribution in [3.05, 3.63) is 48.0 Å². The lowest BCUT2D eigenvalue weighted by Crippen LogP contribution is -2.34. The monoisotopic (exact) mass is 408 g/mol. The van der Waals surface area contributed by atoms with Crippen LogP contribution in [0, 0.1) is 0 Å². The summed E-state index contributed by atoms with van der Waals surface area (Å²) in [5.41, 5.74) is 0.914. The van der Waals surface area contributed by atoms with Gasteiger partial charge in [0, 0.05) is 12.6 Å². The van der Waals surface area contributed by atoms with E-state index in [1.54, 1.807) is 26.4 Å². The predicted molar refractivity (Wildman–Crippen MR) is 109 cm³/mol. The molecular weight excluding hydrogens is 380 g/mol. The first-order valence-corrected chi connectivity index (χ1v) is 10.4. The van der Waals surface area contributed by atoms with E-state index in [9.17, 15) is 8.42 Å². The van der Waals surface area contributed by atoms with Crippen LogP contribution in [0.2, 0.25) is 0 Å². The van der Waals surface area contributed by atoms with E-state index in [4.69, 9.17) is 14.2 Å². The Balaban J connectivity index is 2.18. The second kappa shape index (κ2) is 9.77. The molecule has 2 rings (SSSR count). The van der Waals surface area contributed by atoms with Crippen LogP contribution in [0.25, 0.3) is 0 Å². The summed E-state index contributed by atoms with van der Waals surface area (Å²) in [6.45, 7) is 2.61. The lowest BCUT2D eigenvalue weighted by molar-refractivity contribution is 0.297. The van der Waals surface area contributed by atoms with Crippen molar-refractivity contribution in [1.29, 1.82) is 0 Å². The fourth-order valence-corrected chi connectivity index (χ4v) is 3.85. The fourth-order valence-electron chi connectivity index (χ4n) is 2.81. The molecule has 0 saturated heterocycles. The Morgan fingerprint density at radius 3 is 2.18 bits per heavy atom. The molecule has 0 aliphatic heterocycles. The Labute approximate surface area is 167 Å². The van der Waals surface area contributed by atoms with E-state index in [1.165, 1.54) is 12.1 Å². The molecule has 0 bridgehead atoms. The number of sulfonamides is 1. The second-order valence-electron chi connectivity index (χ2n) is 6.35. The maximum absolute atomic E-state index is 12.7. The first kappa shape index (κ1) is 22.0. The van der Waals surface area contributed by atoms with Crippen LogP contribution in [-0.2, 0) is 10.0 Å². The summed E-state index contributed by atoms with van der Waals surface area (Å²) < 4.78 is 44.0. The molecule has 0 spiro atoms. The molecule has 2 aromatic carbocycles. The van der Waals surface area contributed by atoms with E-state index in [1.807, 2.05) is 44.1 Å². The van der Waals surface area contributed by atoms with Gasteiger partial charge in [0.15, 0.2) is 11.5 Å². The Hall–Kier alpha value is -2.29. The van der Waals surface area contributed by atoms with E-state index in [0.717, 1.165) is 5.56 Å². The van der Waals surface area contributed by atoms with Gasteiger partial charge in [-0.3, -0.25) is 0 Å². The van der Waals surface area contributed by atoms with Gasteiger partial charge in [-0.2, -0.15) is 0 Å². The van der Waals surface area contributed by atoms with Crippen molar-refractivity contribution in [2.45, 2.75) is 17.9 Å². The molecule has 0 radical (unpaired) electrons. The van der Waals surface area contributed by atoms with Gasteiger partial charge in [0.05, 0.1) is 25.7 Å². The Bertz CT molecular complexity index is 867. The molecule has 1 N–H and O–H groups in total. The number of likely N-dealkylation sites (N-methyl/N-ethyl adjacent to an activating group) is 1. The van der Waals surface area contributed by atoms with E-state index in [-0.39, 0.29) is 17.5 Å². The van der Waals surface area contributed by atoms with Gasteiger partial charge in [0.1, 0.15) is 5.75 Å². The Morgan fingerprint density at radius 2 is 1.64 bits per heavy atom. The third kappa shape index (κ3) is 5.37. The molecule has 28 heavy (non-hydrogen) atoms. The third-order valence-corrected chi connectivity index (χ3v) is 5.77. The summed E-state index contributed by atoms with van der Waals surface area (Å²) >= 11 is 0. The lowest BCUT2D eigenvalue weighted by Gasteiger charge is -2.25. The van der Waals surface area contributed by atoms with Gasteiger partial charge >= 0.3 is 0 Å². The van der Waals surface area contributed by atoms with Gasteiger partial charge in [-0.15, -0.1) is 0 Å². The SMILES string of the molecule is CCOc1ccc(S(=O)(=O)NCC(c2ccc(OC)c(OC)c2)N(C)C)cc1. The molecular formula is C20H28N2O5S. The van der Waals surface area contributed by atoms with Crippen LogP contribution in [0.5, 0.6) is 17.2 Å². The Morgan fingerprint density at radius 1 is 1.00 bits per heavy atom. The molecule has 2 aromatic rings. The summed E-state index contributed by atoms with van der Waals surface area (Å²) in [5, 5.41) is 0. The van der Waals surface area contributed by atoms with Crippen LogP contribution >= 0.6 is 0 Å². The summed E-state index contributed by atoms with van der Waals surface area (Å²) in [6.07, 6.45) is 0. The number of hydrogen-bond acceptors (Lipinski definition) is 6. The molecule has 7 nitrogen and oxygen atoms in total. The van der Waals surface area contributed by atoms with Crippen LogP contribution in [0.1, 0.15) is 18.5 Å². The molecule has 0 heterocycles. The van der Waals surface area contributed by atoms with Gasteiger partial charge in [-0.1, -0.05) is 6.07 Å². The molecule has 1 unspecified atom stereocenters. The molecule has 154 valence electrons. The number of methoxy groups -OCH3 is 2. The molecule has 1 atom stereocenters. The highest BCUT2D eigenvalue weighted by Gasteiger charge is 2.21. The first-order valence-electron chi connectivity index (χ1n) is 8.93. The van der Waals surface area contributed by atoms with Crippen molar-refractivity contribution >= 4 is 10.0 Å². The minimum atomic E-state index is -3.65. The summed E-state index contributed by atoms with van der Waals surface area (Å²) in [5.74, 6) is 1.86. The third-order valence-electron chi connectivity index (χ3n) is 4.33. The topological polar surface area (TPSA) is 77.1 Å². The lowest BCUT2D eigenvalue weighted by atomic mass is 10.1. The summed E-state index contributed by atoms with van der Waals surface area (Å²) in [7, 11) is 3.29. The quantitative estimate of drug-likeness (QED) is 0.651. The van der Waals surface area contributed by atoms with Crippen molar-refractivity contribution in [2.24, 2.45) is 0 Å². The number of nitrogens with one attached hydrogen (secondary N) is 1. The summed E-state index contributed by atoms with van der Waals surface area (Å²) in [6, 6.07) is 11.8. The molecule has 0 saturated carbocycles. The standard InChI is InChI=1S/C20H28N2O5S/c1-6-27-16-8-10-17(11-9-16)28(23,24)21-14-18(22(2)3)15-7-12-19(25-4)20(13-15)26-5/h7-13,18,21H,6,14H2,1-5H3. The van der Waals surface area contributed by atoms with E-state index in [0.29, 0.717) is 23.9 Å². The molecule has 0 amide bonds. The van der Waals surface area contributed by atoms with Gasteiger partial charge in [0.25, 0.3) is 0 Å². The van der Waals surface area contributed by atoms with Crippen molar-refractivity contribution in [2.75, 3.05) is 41.5 Å². The number of benzene rings is 2. The number of rotatable bonds is 10. The predicted octanol–water partition coefficient (Wildman–Crippen LogP) is 2.68. The van der Waals surface area contributed by atoms with Gasteiger partial charge in [0.2, 0.25) is 10.0 Å². The maximum Gasteiger partial charge on any atom is 0.240 e. The van der Waals surface area contributed by atoms with Gasteiger partial charge in [-0.25, -0.2) is 13.1 Å². The number of ether oxygens (including phenoxy) is 3. The van der Waals surface area contributed by atoms with Crippen molar-refractivity contribution < 1.29 is 22.6 Å². The van der Waals surface area contributed by atoms with Crippen LogP contribution in [0.3, 0.4) is 0 Å². The highest BCUT2D eigenvalue weighted by Crippen LogP contribution is 2.31. The molecule has 0 aliphatic carbocycles. The largest absolute Gasteiger partial charge is 0.494 e. The molecule has 8 heteroatoms. The van der Waals surface area contributed by atoms with Crippen LogP contribution in [0.4, 0.5) is 0 Å². The van der Waals surface area contributed by atoms with Gasteiger partial charge in [-0.05, 0) is 63.0 Å². The zero-order valence-electron chi connectivity index (χ0n) is 16.9. The highest BCUT2D eigenvalue weighted by molar-refractivity contribution is 7.89.